The summed E-state index contributed by atoms with van der Waals surface area (Å²) in [6, 6.07) is 13.5. The quantitative estimate of drug-likeness (QED) is 0.575. The van der Waals surface area contributed by atoms with Crippen LogP contribution in [-0.4, -0.2) is 36.9 Å². The maximum Gasteiger partial charge on any atom is 0.573 e. The summed E-state index contributed by atoms with van der Waals surface area (Å²) in [6.45, 7) is 2.53. The fourth-order valence-corrected chi connectivity index (χ4v) is 3.64. The molecule has 3 N–H and O–H groups in total. The predicted octanol–water partition coefficient (Wildman–Crippen LogP) is 4.07. The molecule has 0 bridgehead atoms. The van der Waals surface area contributed by atoms with Crippen LogP contribution in [0.4, 0.5) is 24.5 Å². The third-order valence-corrected chi connectivity index (χ3v) is 5.05. The van der Waals surface area contributed by atoms with Crippen molar-refractivity contribution in [3.63, 3.8) is 0 Å². The maximum absolute atomic E-state index is 12.2. The zero-order chi connectivity index (χ0) is 20.0. The number of rotatable bonds is 5. The second-order valence-corrected chi connectivity index (χ2v) is 7.39. The largest absolute Gasteiger partial charge is 0.573 e. The molecule has 1 saturated heterocycles. The molecule has 0 saturated carbocycles. The molecule has 2 aromatic rings. The molecule has 0 aliphatic carbocycles. The number of thioether (sulfide) groups is 1. The van der Waals surface area contributed by atoms with Gasteiger partial charge in [0.05, 0.1) is 6.54 Å². The zero-order valence-corrected chi connectivity index (χ0v) is 15.9. The van der Waals surface area contributed by atoms with Gasteiger partial charge in [0.15, 0.2) is 5.96 Å². The SMILES string of the molecule is NC(=NCc1ccc(N2CCSCC2)cc1)Nc1ccc(OC(F)(F)F)cc1. The number of nitrogens with two attached hydrogens (primary N) is 1. The number of hydrogen-bond donors (Lipinski definition) is 2. The van der Waals surface area contributed by atoms with E-state index in [1.165, 1.54) is 30.0 Å². The molecule has 150 valence electrons. The molecule has 28 heavy (non-hydrogen) atoms. The summed E-state index contributed by atoms with van der Waals surface area (Å²) in [6.07, 6.45) is -4.71. The lowest BCUT2D eigenvalue weighted by molar-refractivity contribution is -0.274. The van der Waals surface area contributed by atoms with Crippen molar-refractivity contribution in [1.29, 1.82) is 0 Å². The first-order valence-corrected chi connectivity index (χ1v) is 9.89. The van der Waals surface area contributed by atoms with E-state index in [1.807, 2.05) is 23.9 Å². The van der Waals surface area contributed by atoms with Crippen LogP contribution in [0.3, 0.4) is 0 Å². The highest BCUT2D eigenvalue weighted by atomic mass is 32.2. The number of ether oxygens (including phenoxy) is 1. The molecule has 5 nitrogen and oxygen atoms in total. The first-order chi connectivity index (χ1) is 13.4. The number of hydrogen-bond acceptors (Lipinski definition) is 4. The summed E-state index contributed by atoms with van der Waals surface area (Å²) in [5.74, 6) is 2.19. The number of benzene rings is 2. The highest BCUT2D eigenvalue weighted by Gasteiger charge is 2.30. The van der Waals surface area contributed by atoms with Crippen LogP contribution >= 0.6 is 11.8 Å². The van der Waals surface area contributed by atoms with Crippen LogP contribution in [0.1, 0.15) is 5.56 Å². The van der Waals surface area contributed by atoms with Gasteiger partial charge in [0, 0.05) is 36.0 Å². The van der Waals surface area contributed by atoms with Gasteiger partial charge in [0.25, 0.3) is 0 Å². The number of anilines is 2. The average Bonchev–Trinajstić information content (AvgIpc) is 2.68. The van der Waals surface area contributed by atoms with Crippen molar-refractivity contribution in [2.75, 3.05) is 34.8 Å². The van der Waals surface area contributed by atoms with Gasteiger partial charge in [-0.05, 0) is 42.0 Å². The first-order valence-electron chi connectivity index (χ1n) is 8.73. The Hall–Kier alpha value is -2.55. The Kier molecular flexibility index (Phi) is 6.56. The molecule has 1 fully saturated rings. The third-order valence-electron chi connectivity index (χ3n) is 4.10. The number of nitrogens with zero attached hydrogens (tertiary/aromatic N) is 2. The Morgan fingerprint density at radius 2 is 1.71 bits per heavy atom. The van der Waals surface area contributed by atoms with Crippen LogP contribution in [0, 0.1) is 0 Å². The Bertz CT molecular complexity index is 788. The Labute approximate surface area is 165 Å². The van der Waals surface area contributed by atoms with E-state index in [2.05, 4.69) is 32.1 Å². The molecular formula is C19H21F3N4OS. The fraction of sp³-hybridized carbons (Fsp3) is 0.316. The fourth-order valence-electron chi connectivity index (χ4n) is 2.74. The molecule has 1 heterocycles. The molecule has 1 aliphatic rings. The number of halogens is 3. The maximum atomic E-state index is 12.2. The number of alkyl halides is 3. The van der Waals surface area contributed by atoms with Crippen molar-refractivity contribution >= 4 is 29.1 Å². The molecule has 0 spiro atoms. The van der Waals surface area contributed by atoms with Crippen molar-refractivity contribution in [2.24, 2.45) is 10.7 Å². The minimum atomic E-state index is -4.71. The van der Waals surface area contributed by atoms with E-state index in [1.54, 1.807) is 0 Å². The Morgan fingerprint density at radius 1 is 1.07 bits per heavy atom. The van der Waals surface area contributed by atoms with Gasteiger partial charge in [0.2, 0.25) is 0 Å². The van der Waals surface area contributed by atoms with Gasteiger partial charge in [-0.15, -0.1) is 13.2 Å². The van der Waals surface area contributed by atoms with Gasteiger partial charge >= 0.3 is 6.36 Å². The van der Waals surface area contributed by atoms with E-state index < -0.39 is 6.36 Å². The molecule has 3 rings (SSSR count). The van der Waals surface area contributed by atoms with Crippen LogP contribution in [0.2, 0.25) is 0 Å². The second-order valence-electron chi connectivity index (χ2n) is 6.16. The van der Waals surface area contributed by atoms with Crippen LogP contribution < -0.4 is 20.7 Å². The monoisotopic (exact) mass is 410 g/mol. The van der Waals surface area contributed by atoms with Crippen molar-refractivity contribution in [3.8, 4) is 5.75 Å². The molecule has 2 aromatic carbocycles. The molecule has 0 atom stereocenters. The summed E-state index contributed by atoms with van der Waals surface area (Å²) in [5.41, 5.74) is 8.61. The van der Waals surface area contributed by atoms with Gasteiger partial charge in [-0.25, -0.2) is 4.99 Å². The lowest BCUT2D eigenvalue weighted by Crippen LogP contribution is -2.32. The normalized spacial score (nSPS) is 15.4. The summed E-state index contributed by atoms with van der Waals surface area (Å²) < 4.78 is 40.3. The minimum Gasteiger partial charge on any atom is -0.406 e. The van der Waals surface area contributed by atoms with E-state index in [-0.39, 0.29) is 11.7 Å². The van der Waals surface area contributed by atoms with Gasteiger partial charge in [-0.1, -0.05) is 12.1 Å². The molecular weight excluding hydrogens is 389 g/mol. The summed E-state index contributed by atoms with van der Waals surface area (Å²) in [5, 5.41) is 2.85. The van der Waals surface area contributed by atoms with Crippen LogP contribution in [-0.2, 0) is 6.54 Å². The van der Waals surface area contributed by atoms with Crippen molar-refractivity contribution in [1.82, 2.24) is 0 Å². The standard InChI is InChI=1S/C19H21F3N4OS/c20-19(21,22)27-17-7-3-15(4-8-17)25-18(23)24-13-14-1-5-16(6-2-14)26-9-11-28-12-10-26/h1-8H,9-13H2,(H3,23,24,25). The summed E-state index contributed by atoms with van der Waals surface area (Å²) >= 11 is 1.97. The van der Waals surface area contributed by atoms with Crippen LogP contribution in [0.15, 0.2) is 53.5 Å². The molecule has 0 amide bonds. The number of aliphatic imine (C=N–C) groups is 1. The van der Waals surface area contributed by atoms with Crippen LogP contribution in [0.5, 0.6) is 5.75 Å². The number of nitrogens with one attached hydrogen (secondary N) is 1. The van der Waals surface area contributed by atoms with Gasteiger partial charge in [0.1, 0.15) is 5.75 Å². The summed E-state index contributed by atoms with van der Waals surface area (Å²) in [7, 11) is 0. The highest BCUT2D eigenvalue weighted by molar-refractivity contribution is 7.99. The van der Waals surface area contributed by atoms with E-state index in [0.29, 0.717) is 12.2 Å². The van der Waals surface area contributed by atoms with Crippen molar-refractivity contribution in [3.05, 3.63) is 54.1 Å². The zero-order valence-electron chi connectivity index (χ0n) is 15.1. The Balaban J connectivity index is 1.52. The van der Waals surface area contributed by atoms with E-state index in [4.69, 9.17) is 5.73 Å². The lowest BCUT2D eigenvalue weighted by atomic mass is 10.2. The van der Waals surface area contributed by atoms with Gasteiger partial charge in [-0.2, -0.15) is 11.8 Å². The van der Waals surface area contributed by atoms with Gasteiger partial charge < -0.3 is 20.7 Å². The molecule has 0 unspecified atom stereocenters. The van der Waals surface area contributed by atoms with E-state index in [9.17, 15) is 13.2 Å². The first kappa shape index (κ1) is 20.2. The topological polar surface area (TPSA) is 62.9 Å². The molecule has 0 aromatic heterocycles. The number of guanidine groups is 1. The molecule has 9 heteroatoms. The van der Waals surface area contributed by atoms with Crippen LogP contribution in [0.25, 0.3) is 0 Å². The predicted molar refractivity (Wildman–Crippen MR) is 108 cm³/mol. The smallest absolute Gasteiger partial charge is 0.406 e. The van der Waals surface area contributed by atoms with Gasteiger partial charge in [-0.3, -0.25) is 0 Å². The minimum absolute atomic E-state index is 0.182. The third kappa shape index (κ3) is 6.26. The average molecular weight is 410 g/mol. The molecule has 1 aliphatic heterocycles. The van der Waals surface area contributed by atoms with E-state index in [0.717, 1.165) is 30.2 Å². The van der Waals surface area contributed by atoms with Crippen molar-refractivity contribution < 1.29 is 17.9 Å². The lowest BCUT2D eigenvalue weighted by Gasteiger charge is -2.28. The van der Waals surface area contributed by atoms with E-state index >= 15 is 0 Å². The Morgan fingerprint density at radius 3 is 2.32 bits per heavy atom. The molecule has 0 radical (unpaired) electrons. The summed E-state index contributed by atoms with van der Waals surface area (Å²) in [4.78, 5) is 6.64. The van der Waals surface area contributed by atoms with Crippen molar-refractivity contribution in [2.45, 2.75) is 12.9 Å². The highest BCUT2D eigenvalue weighted by Crippen LogP contribution is 2.24. The second kappa shape index (κ2) is 9.09.